The lowest BCUT2D eigenvalue weighted by atomic mass is 10.1. The Labute approximate surface area is 95.4 Å². The van der Waals surface area contributed by atoms with Crippen LogP contribution in [0.2, 0.25) is 0 Å². The van der Waals surface area contributed by atoms with E-state index in [2.05, 4.69) is 37.7 Å². The van der Waals surface area contributed by atoms with Crippen molar-refractivity contribution in [3.05, 3.63) is 0 Å². The molecule has 92 valence electrons. The van der Waals surface area contributed by atoms with Crippen LogP contribution in [0.5, 0.6) is 0 Å². The minimum absolute atomic E-state index is 0.671. The molecule has 0 saturated carbocycles. The second kappa shape index (κ2) is 9.13. The van der Waals surface area contributed by atoms with E-state index in [9.17, 15) is 0 Å². The average molecular weight is 216 g/mol. The fraction of sp³-hybridized carbons (Fsp3) is 1.00. The molecule has 0 saturated heterocycles. The molecule has 0 aliphatic heterocycles. The van der Waals surface area contributed by atoms with Gasteiger partial charge in [-0.1, -0.05) is 6.92 Å². The summed E-state index contributed by atoms with van der Waals surface area (Å²) in [5.74, 6) is 0. The van der Waals surface area contributed by atoms with Gasteiger partial charge < -0.3 is 9.64 Å². The molecule has 0 N–H and O–H groups in total. The first-order valence-corrected chi connectivity index (χ1v) is 5.99. The van der Waals surface area contributed by atoms with Gasteiger partial charge in [-0.2, -0.15) is 0 Å². The van der Waals surface area contributed by atoms with E-state index in [1.807, 2.05) is 0 Å². The molecule has 0 aliphatic carbocycles. The van der Waals surface area contributed by atoms with E-state index in [0.717, 1.165) is 32.7 Å². The van der Waals surface area contributed by atoms with E-state index in [1.54, 1.807) is 7.11 Å². The van der Waals surface area contributed by atoms with Gasteiger partial charge >= 0.3 is 0 Å². The predicted octanol–water partition coefficient (Wildman–Crippen LogP) is 1.68. The maximum atomic E-state index is 5.08. The molecule has 0 aromatic heterocycles. The molecule has 0 rings (SSSR count). The maximum Gasteiger partial charge on any atom is 0.0462 e. The van der Waals surface area contributed by atoms with Crippen molar-refractivity contribution in [2.75, 3.05) is 47.4 Å². The number of hydrogen-bond acceptors (Lipinski definition) is 3. The highest BCUT2D eigenvalue weighted by Crippen LogP contribution is 2.06. The minimum Gasteiger partial charge on any atom is -0.385 e. The van der Waals surface area contributed by atoms with Crippen molar-refractivity contribution in [3.63, 3.8) is 0 Å². The molecule has 0 amide bonds. The van der Waals surface area contributed by atoms with Gasteiger partial charge in [0.2, 0.25) is 0 Å². The van der Waals surface area contributed by atoms with Crippen LogP contribution in [0, 0.1) is 0 Å². The molecule has 0 radical (unpaired) electrons. The predicted molar refractivity (Wildman–Crippen MR) is 66.4 cm³/mol. The molecule has 0 aromatic rings. The number of nitrogens with zero attached hydrogens (tertiary/aromatic N) is 2. The Morgan fingerprint density at radius 3 is 2.33 bits per heavy atom. The summed E-state index contributed by atoms with van der Waals surface area (Å²) in [6.07, 6.45) is 2.39. The Balaban J connectivity index is 3.72. The quantitative estimate of drug-likeness (QED) is 0.545. The van der Waals surface area contributed by atoms with Gasteiger partial charge in [0, 0.05) is 32.8 Å². The molecule has 0 spiro atoms. The maximum absolute atomic E-state index is 5.08. The summed E-state index contributed by atoms with van der Waals surface area (Å²) >= 11 is 0. The molecule has 15 heavy (non-hydrogen) atoms. The van der Waals surface area contributed by atoms with Crippen molar-refractivity contribution in [2.24, 2.45) is 0 Å². The van der Waals surface area contributed by atoms with Crippen LogP contribution in [0.25, 0.3) is 0 Å². The Hall–Kier alpha value is -0.120. The lowest BCUT2D eigenvalue weighted by molar-refractivity contribution is 0.157. The molecule has 3 nitrogen and oxygen atoms in total. The molecule has 1 atom stereocenters. The third kappa shape index (κ3) is 7.77. The summed E-state index contributed by atoms with van der Waals surface area (Å²) < 4.78 is 5.08. The third-order valence-corrected chi connectivity index (χ3v) is 2.83. The van der Waals surface area contributed by atoms with Crippen LogP contribution in [0.4, 0.5) is 0 Å². The van der Waals surface area contributed by atoms with Gasteiger partial charge in [-0.25, -0.2) is 0 Å². The lowest BCUT2D eigenvalue weighted by Crippen LogP contribution is -2.38. The van der Waals surface area contributed by atoms with Crippen LogP contribution in [0.1, 0.15) is 26.7 Å². The summed E-state index contributed by atoms with van der Waals surface area (Å²) in [6, 6.07) is 0.671. The zero-order valence-corrected chi connectivity index (χ0v) is 11.1. The van der Waals surface area contributed by atoms with Crippen LogP contribution < -0.4 is 0 Å². The topological polar surface area (TPSA) is 15.7 Å². The highest BCUT2D eigenvalue weighted by Gasteiger charge is 2.11. The molecule has 0 heterocycles. The number of hydrogen-bond donors (Lipinski definition) is 0. The molecule has 0 aromatic carbocycles. The zero-order valence-electron chi connectivity index (χ0n) is 11.1. The van der Waals surface area contributed by atoms with E-state index in [-0.39, 0.29) is 0 Å². The van der Waals surface area contributed by atoms with Crippen LogP contribution >= 0.6 is 0 Å². The normalized spacial score (nSPS) is 13.8. The summed E-state index contributed by atoms with van der Waals surface area (Å²) in [7, 11) is 6.03. The van der Waals surface area contributed by atoms with Gasteiger partial charge in [-0.15, -0.1) is 0 Å². The van der Waals surface area contributed by atoms with Crippen molar-refractivity contribution in [1.82, 2.24) is 9.80 Å². The second-order valence-electron chi connectivity index (χ2n) is 4.42. The molecular weight excluding hydrogens is 188 g/mol. The van der Waals surface area contributed by atoms with Gasteiger partial charge in [0.1, 0.15) is 0 Å². The molecule has 0 aliphatic rings. The third-order valence-electron chi connectivity index (χ3n) is 2.83. The molecular formula is C12H28N2O. The van der Waals surface area contributed by atoms with Gasteiger partial charge in [0.15, 0.2) is 0 Å². The Morgan fingerprint density at radius 2 is 1.87 bits per heavy atom. The van der Waals surface area contributed by atoms with E-state index in [0.29, 0.717) is 6.04 Å². The Kier molecular flexibility index (Phi) is 9.06. The highest BCUT2D eigenvalue weighted by molar-refractivity contribution is 4.66. The van der Waals surface area contributed by atoms with Gasteiger partial charge in [-0.3, -0.25) is 4.90 Å². The van der Waals surface area contributed by atoms with Gasteiger partial charge in [-0.05, 0) is 40.4 Å². The summed E-state index contributed by atoms with van der Waals surface area (Å²) in [6.45, 7) is 8.88. The molecule has 1 unspecified atom stereocenters. The van der Waals surface area contributed by atoms with Crippen LogP contribution in [-0.2, 0) is 4.74 Å². The fourth-order valence-electron chi connectivity index (χ4n) is 1.72. The average Bonchev–Trinajstić information content (AvgIpc) is 2.18. The first-order valence-electron chi connectivity index (χ1n) is 5.99. The monoisotopic (exact) mass is 216 g/mol. The molecule has 0 bridgehead atoms. The fourth-order valence-corrected chi connectivity index (χ4v) is 1.72. The van der Waals surface area contributed by atoms with E-state index >= 15 is 0 Å². The van der Waals surface area contributed by atoms with Gasteiger partial charge in [0.05, 0.1) is 0 Å². The van der Waals surface area contributed by atoms with Gasteiger partial charge in [0.25, 0.3) is 0 Å². The number of rotatable bonds is 9. The standard InChI is InChI=1S/C12H28N2O/c1-6-14(10-9-13(3)4)12(2)8-7-11-15-5/h12H,6-11H2,1-5H3. The summed E-state index contributed by atoms with van der Waals surface area (Å²) in [5.41, 5.74) is 0. The van der Waals surface area contributed by atoms with Crippen LogP contribution in [-0.4, -0.2) is 63.3 Å². The number of ether oxygens (including phenoxy) is 1. The lowest BCUT2D eigenvalue weighted by Gasteiger charge is -2.29. The Morgan fingerprint density at radius 1 is 1.20 bits per heavy atom. The SMILES string of the molecule is CCN(CCN(C)C)C(C)CCCOC. The van der Waals surface area contributed by atoms with E-state index in [4.69, 9.17) is 4.74 Å². The summed E-state index contributed by atoms with van der Waals surface area (Å²) in [4.78, 5) is 4.78. The van der Waals surface area contributed by atoms with Crippen LogP contribution in [0.3, 0.4) is 0 Å². The van der Waals surface area contributed by atoms with E-state index < -0.39 is 0 Å². The van der Waals surface area contributed by atoms with Crippen molar-refractivity contribution in [3.8, 4) is 0 Å². The van der Waals surface area contributed by atoms with Crippen molar-refractivity contribution in [1.29, 1.82) is 0 Å². The number of methoxy groups -OCH3 is 1. The zero-order chi connectivity index (χ0) is 11.7. The second-order valence-corrected chi connectivity index (χ2v) is 4.42. The summed E-state index contributed by atoms with van der Waals surface area (Å²) in [5, 5.41) is 0. The van der Waals surface area contributed by atoms with E-state index in [1.165, 1.54) is 6.42 Å². The first kappa shape index (κ1) is 14.9. The van der Waals surface area contributed by atoms with Crippen molar-refractivity contribution >= 4 is 0 Å². The highest BCUT2D eigenvalue weighted by atomic mass is 16.5. The largest absolute Gasteiger partial charge is 0.385 e. The molecule has 3 heteroatoms. The Bertz CT molecular complexity index is 140. The van der Waals surface area contributed by atoms with Crippen molar-refractivity contribution in [2.45, 2.75) is 32.7 Å². The first-order chi connectivity index (χ1) is 7.11. The number of likely N-dealkylation sites (N-methyl/N-ethyl adjacent to an activating group) is 2. The minimum atomic E-state index is 0.671. The molecule has 0 fully saturated rings. The smallest absolute Gasteiger partial charge is 0.0462 e. The van der Waals surface area contributed by atoms with Crippen molar-refractivity contribution < 1.29 is 4.74 Å². The van der Waals surface area contributed by atoms with Crippen LogP contribution in [0.15, 0.2) is 0 Å².